The minimum Gasteiger partial charge on any atom is -0.0876 e. The number of benzene rings is 1. The van der Waals surface area contributed by atoms with Crippen molar-refractivity contribution in [1.82, 2.24) is 0 Å². The Balaban J connectivity index is 2.80. The van der Waals surface area contributed by atoms with Gasteiger partial charge >= 0.3 is 0 Å². The Kier molecular flexibility index (Phi) is 5.72. The van der Waals surface area contributed by atoms with E-state index in [-0.39, 0.29) is 0 Å². The van der Waals surface area contributed by atoms with Crippen LogP contribution in [0.3, 0.4) is 0 Å². The smallest absolute Gasteiger partial charge is 0.0256 e. The molecule has 0 aliphatic carbocycles. The van der Waals surface area contributed by atoms with Gasteiger partial charge in [-0.2, -0.15) is 0 Å². The van der Waals surface area contributed by atoms with Gasteiger partial charge in [-0.05, 0) is 25.0 Å². The first-order chi connectivity index (χ1) is 7.86. The Bertz CT molecular complexity index is 403. The molecule has 0 bridgehead atoms. The maximum absolute atomic E-state index is 2.12. The second-order valence-corrected chi connectivity index (χ2v) is 3.44. The zero-order valence-electron chi connectivity index (χ0n) is 9.93. The van der Waals surface area contributed by atoms with E-state index in [2.05, 4.69) is 36.4 Å². The van der Waals surface area contributed by atoms with Crippen LogP contribution in [0.25, 0.3) is 6.08 Å². The van der Waals surface area contributed by atoms with Gasteiger partial charge in [-0.1, -0.05) is 72.9 Å². The van der Waals surface area contributed by atoms with E-state index in [1.54, 1.807) is 0 Å². The predicted octanol–water partition coefficient (Wildman–Crippen LogP) is 4.78. The summed E-state index contributed by atoms with van der Waals surface area (Å²) >= 11 is 0. The molecule has 82 valence electrons. The summed E-state index contributed by atoms with van der Waals surface area (Å²) in [5.41, 5.74) is 2.42. The van der Waals surface area contributed by atoms with E-state index in [0.29, 0.717) is 0 Å². The Hall–Kier alpha value is -1.82. The molecule has 0 amide bonds. The number of hydrogen-bond donors (Lipinski definition) is 0. The van der Waals surface area contributed by atoms with Crippen molar-refractivity contribution >= 4 is 6.08 Å². The van der Waals surface area contributed by atoms with Gasteiger partial charge in [0, 0.05) is 0 Å². The second-order valence-electron chi connectivity index (χ2n) is 3.44. The molecule has 0 N–H and O–H groups in total. The van der Waals surface area contributed by atoms with Gasteiger partial charge in [0.2, 0.25) is 0 Å². The molecule has 0 spiro atoms. The van der Waals surface area contributed by atoms with Gasteiger partial charge < -0.3 is 0 Å². The van der Waals surface area contributed by atoms with Gasteiger partial charge in [-0.15, -0.1) is 0 Å². The summed E-state index contributed by atoms with van der Waals surface area (Å²) in [6.07, 6.45) is 14.6. The quantitative estimate of drug-likeness (QED) is 0.627. The van der Waals surface area contributed by atoms with Gasteiger partial charge in [0.15, 0.2) is 0 Å². The normalized spacial score (nSPS) is 13.2. The number of rotatable bonds is 4. The van der Waals surface area contributed by atoms with Crippen LogP contribution in [0.15, 0.2) is 72.4 Å². The first-order valence-electron chi connectivity index (χ1n) is 5.55. The SMILES string of the molecule is C\C=C/C=C(\C=C/C)/C=C/c1ccccc1. The molecule has 1 aromatic carbocycles. The average molecular weight is 210 g/mol. The van der Waals surface area contributed by atoms with Crippen LogP contribution < -0.4 is 0 Å². The lowest BCUT2D eigenvalue weighted by Crippen LogP contribution is -1.72. The van der Waals surface area contributed by atoms with Crippen LogP contribution in [0.4, 0.5) is 0 Å². The summed E-state index contributed by atoms with van der Waals surface area (Å²) in [6.45, 7) is 4.05. The molecule has 1 aromatic rings. The zero-order chi connectivity index (χ0) is 11.6. The highest BCUT2D eigenvalue weighted by Gasteiger charge is 1.85. The van der Waals surface area contributed by atoms with Crippen molar-refractivity contribution in [2.75, 3.05) is 0 Å². The third kappa shape index (κ3) is 4.61. The molecule has 0 saturated carbocycles. The van der Waals surface area contributed by atoms with Crippen LogP contribution in [0.1, 0.15) is 19.4 Å². The molecule has 0 unspecified atom stereocenters. The molecule has 0 atom stereocenters. The highest BCUT2D eigenvalue weighted by atomic mass is 13.9. The molecule has 0 saturated heterocycles. The Morgan fingerprint density at radius 3 is 2.31 bits per heavy atom. The molecule has 16 heavy (non-hydrogen) atoms. The summed E-state index contributed by atoms with van der Waals surface area (Å²) in [7, 11) is 0. The summed E-state index contributed by atoms with van der Waals surface area (Å²) in [5, 5.41) is 0. The molecular formula is C16H18. The largest absolute Gasteiger partial charge is 0.0876 e. The van der Waals surface area contributed by atoms with Crippen LogP contribution in [-0.2, 0) is 0 Å². The fourth-order valence-electron chi connectivity index (χ4n) is 1.32. The molecule has 0 nitrogen and oxygen atoms in total. The first-order valence-corrected chi connectivity index (χ1v) is 5.55. The third-order valence-electron chi connectivity index (χ3n) is 2.11. The Labute approximate surface area is 98.3 Å². The lowest BCUT2D eigenvalue weighted by atomic mass is 10.1. The van der Waals surface area contributed by atoms with Crippen LogP contribution in [0.2, 0.25) is 0 Å². The molecule has 0 fully saturated rings. The monoisotopic (exact) mass is 210 g/mol. The Morgan fingerprint density at radius 1 is 0.938 bits per heavy atom. The van der Waals surface area contributed by atoms with E-state index in [1.807, 2.05) is 50.3 Å². The minimum atomic E-state index is 1.20. The number of allylic oxidation sites excluding steroid dienone is 7. The Morgan fingerprint density at radius 2 is 1.69 bits per heavy atom. The third-order valence-corrected chi connectivity index (χ3v) is 2.11. The summed E-state index contributed by atoms with van der Waals surface area (Å²) in [4.78, 5) is 0. The van der Waals surface area contributed by atoms with Crippen LogP contribution >= 0.6 is 0 Å². The minimum absolute atomic E-state index is 1.20. The molecule has 0 heterocycles. The van der Waals surface area contributed by atoms with Crippen molar-refractivity contribution < 1.29 is 0 Å². The molecular weight excluding hydrogens is 192 g/mol. The summed E-state index contributed by atoms with van der Waals surface area (Å²) in [6, 6.07) is 10.3. The lowest BCUT2D eigenvalue weighted by Gasteiger charge is -1.93. The summed E-state index contributed by atoms with van der Waals surface area (Å²) in [5.74, 6) is 0. The van der Waals surface area contributed by atoms with Crippen LogP contribution in [-0.4, -0.2) is 0 Å². The van der Waals surface area contributed by atoms with Crippen LogP contribution in [0.5, 0.6) is 0 Å². The highest BCUT2D eigenvalue weighted by molar-refractivity contribution is 5.54. The fourth-order valence-corrected chi connectivity index (χ4v) is 1.32. The summed E-state index contributed by atoms with van der Waals surface area (Å²) < 4.78 is 0. The average Bonchev–Trinajstić information content (AvgIpc) is 2.34. The topological polar surface area (TPSA) is 0 Å². The van der Waals surface area contributed by atoms with E-state index in [4.69, 9.17) is 0 Å². The van der Waals surface area contributed by atoms with Crippen molar-refractivity contribution in [3.05, 3.63) is 77.9 Å². The first kappa shape index (κ1) is 12.3. The van der Waals surface area contributed by atoms with Crippen molar-refractivity contribution in [1.29, 1.82) is 0 Å². The molecule has 0 aromatic heterocycles. The maximum Gasteiger partial charge on any atom is -0.0256 e. The van der Waals surface area contributed by atoms with E-state index in [0.717, 1.165) is 0 Å². The van der Waals surface area contributed by atoms with E-state index < -0.39 is 0 Å². The van der Waals surface area contributed by atoms with E-state index >= 15 is 0 Å². The second kappa shape index (κ2) is 7.47. The van der Waals surface area contributed by atoms with Crippen LogP contribution in [0, 0.1) is 0 Å². The molecule has 0 heteroatoms. The predicted molar refractivity (Wildman–Crippen MR) is 73.2 cm³/mol. The van der Waals surface area contributed by atoms with Crippen molar-refractivity contribution in [3.63, 3.8) is 0 Å². The van der Waals surface area contributed by atoms with Gasteiger partial charge in [-0.25, -0.2) is 0 Å². The molecule has 1 rings (SSSR count). The van der Waals surface area contributed by atoms with Crippen molar-refractivity contribution in [2.45, 2.75) is 13.8 Å². The van der Waals surface area contributed by atoms with Crippen molar-refractivity contribution in [3.8, 4) is 0 Å². The fraction of sp³-hybridized carbons (Fsp3) is 0.125. The zero-order valence-corrected chi connectivity index (χ0v) is 9.93. The van der Waals surface area contributed by atoms with E-state index in [1.165, 1.54) is 11.1 Å². The van der Waals surface area contributed by atoms with E-state index in [9.17, 15) is 0 Å². The molecule has 0 radical (unpaired) electrons. The van der Waals surface area contributed by atoms with Crippen molar-refractivity contribution in [2.24, 2.45) is 0 Å². The van der Waals surface area contributed by atoms with Gasteiger partial charge in [0.25, 0.3) is 0 Å². The number of hydrogen-bond acceptors (Lipinski definition) is 0. The highest BCUT2D eigenvalue weighted by Crippen LogP contribution is 2.06. The standard InChI is InChI=1S/C16H18/c1-3-5-10-15(9-4-2)13-14-16-11-7-6-8-12-16/h3-14H,1-2H3/b5-3-,9-4-,14-13+,15-10+. The lowest BCUT2D eigenvalue weighted by molar-refractivity contribution is 1.61. The maximum atomic E-state index is 2.12. The molecule has 0 aliphatic heterocycles. The molecule has 0 aliphatic rings. The van der Waals surface area contributed by atoms with Gasteiger partial charge in [0.1, 0.15) is 0 Å². The van der Waals surface area contributed by atoms with Gasteiger partial charge in [-0.3, -0.25) is 0 Å². The van der Waals surface area contributed by atoms with Gasteiger partial charge in [0.05, 0.1) is 0 Å².